The lowest BCUT2D eigenvalue weighted by molar-refractivity contribution is 0.215. The number of rotatable bonds is 3. The molecule has 0 aliphatic carbocycles. The number of aromatic nitrogens is 2. The van der Waals surface area contributed by atoms with Crippen LogP contribution in [0.3, 0.4) is 0 Å². The maximum Gasteiger partial charge on any atom is 0.417 e. The van der Waals surface area contributed by atoms with E-state index >= 15 is 0 Å². The summed E-state index contributed by atoms with van der Waals surface area (Å²) in [6, 6.07) is 13.8. The van der Waals surface area contributed by atoms with E-state index in [1.165, 1.54) is 11.5 Å². The lowest BCUT2D eigenvalue weighted by atomic mass is 10.2. The largest absolute Gasteiger partial charge is 0.417 e. The van der Waals surface area contributed by atoms with Gasteiger partial charge in [-0.15, -0.1) is 5.10 Å². The SMILES string of the molecule is O=C(Nc1ccc(Cl)cc1)Oc1ccc(-c2csnn2)cc1. The molecule has 0 radical (unpaired) electrons. The van der Waals surface area contributed by atoms with Crippen molar-refractivity contribution < 1.29 is 9.53 Å². The van der Waals surface area contributed by atoms with Crippen LogP contribution in [0, 0.1) is 0 Å². The van der Waals surface area contributed by atoms with Crippen molar-refractivity contribution >= 4 is 34.9 Å². The van der Waals surface area contributed by atoms with Crippen LogP contribution in [-0.4, -0.2) is 15.7 Å². The van der Waals surface area contributed by atoms with E-state index in [1.807, 2.05) is 17.5 Å². The van der Waals surface area contributed by atoms with Crippen molar-refractivity contribution in [1.29, 1.82) is 0 Å². The Balaban J connectivity index is 1.63. The van der Waals surface area contributed by atoms with Crippen LogP contribution in [0.4, 0.5) is 10.5 Å². The van der Waals surface area contributed by atoms with E-state index in [9.17, 15) is 4.79 Å². The van der Waals surface area contributed by atoms with Gasteiger partial charge in [-0.1, -0.05) is 16.1 Å². The second-order valence-electron chi connectivity index (χ2n) is 4.34. The second-order valence-corrected chi connectivity index (χ2v) is 5.38. The minimum absolute atomic E-state index is 0.443. The molecule has 0 aliphatic rings. The topological polar surface area (TPSA) is 64.1 Å². The van der Waals surface area contributed by atoms with Crippen LogP contribution in [0.2, 0.25) is 5.02 Å². The molecule has 1 heterocycles. The van der Waals surface area contributed by atoms with E-state index in [4.69, 9.17) is 16.3 Å². The van der Waals surface area contributed by atoms with Crippen LogP contribution in [0.15, 0.2) is 53.9 Å². The number of hydrogen-bond donors (Lipinski definition) is 1. The third kappa shape index (κ3) is 3.60. The zero-order valence-corrected chi connectivity index (χ0v) is 12.8. The number of carbonyl (C=O) groups is 1. The van der Waals surface area contributed by atoms with E-state index in [0.29, 0.717) is 16.5 Å². The minimum Gasteiger partial charge on any atom is -0.410 e. The molecule has 0 spiro atoms. The van der Waals surface area contributed by atoms with E-state index < -0.39 is 6.09 Å². The molecule has 3 aromatic rings. The van der Waals surface area contributed by atoms with Gasteiger partial charge in [0.2, 0.25) is 0 Å². The highest BCUT2D eigenvalue weighted by atomic mass is 35.5. The first-order chi connectivity index (χ1) is 10.7. The fourth-order valence-electron chi connectivity index (χ4n) is 1.77. The van der Waals surface area contributed by atoms with E-state index in [1.54, 1.807) is 36.4 Å². The zero-order chi connectivity index (χ0) is 15.4. The Hall–Kier alpha value is -2.44. The summed E-state index contributed by atoms with van der Waals surface area (Å²) in [5.41, 5.74) is 2.32. The summed E-state index contributed by atoms with van der Waals surface area (Å²) in [4.78, 5) is 11.8. The molecule has 2 aromatic carbocycles. The number of ether oxygens (including phenoxy) is 1. The molecule has 5 nitrogen and oxygen atoms in total. The Morgan fingerprint density at radius 2 is 1.82 bits per heavy atom. The fourth-order valence-corrected chi connectivity index (χ4v) is 2.36. The van der Waals surface area contributed by atoms with E-state index in [2.05, 4.69) is 14.9 Å². The van der Waals surface area contributed by atoms with E-state index in [-0.39, 0.29) is 0 Å². The molecule has 110 valence electrons. The van der Waals surface area contributed by atoms with Crippen LogP contribution in [-0.2, 0) is 0 Å². The first kappa shape index (κ1) is 14.5. The van der Waals surface area contributed by atoms with E-state index in [0.717, 1.165) is 11.3 Å². The van der Waals surface area contributed by atoms with Crippen LogP contribution in [0.1, 0.15) is 0 Å². The first-order valence-corrected chi connectivity index (χ1v) is 7.54. The number of nitrogens with one attached hydrogen (secondary N) is 1. The van der Waals surface area contributed by atoms with Crippen molar-refractivity contribution in [3.63, 3.8) is 0 Å². The van der Waals surface area contributed by atoms with Crippen molar-refractivity contribution in [2.24, 2.45) is 0 Å². The summed E-state index contributed by atoms with van der Waals surface area (Å²) in [6.07, 6.45) is -0.564. The second kappa shape index (κ2) is 6.55. The molecule has 0 saturated heterocycles. The molecule has 22 heavy (non-hydrogen) atoms. The highest BCUT2D eigenvalue weighted by Gasteiger charge is 2.06. The van der Waals surface area contributed by atoms with Crippen molar-refractivity contribution in [3.05, 3.63) is 58.9 Å². The Morgan fingerprint density at radius 1 is 1.09 bits per heavy atom. The lowest BCUT2D eigenvalue weighted by Crippen LogP contribution is -2.16. The summed E-state index contributed by atoms with van der Waals surface area (Å²) in [7, 11) is 0. The quantitative estimate of drug-likeness (QED) is 0.769. The molecule has 1 aromatic heterocycles. The molecule has 0 aliphatic heterocycles. The van der Waals surface area contributed by atoms with Gasteiger partial charge in [-0.25, -0.2) is 4.79 Å². The standard InChI is InChI=1S/C15H10ClN3O2S/c16-11-3-5-12(6-4-11)17-15(20)21-13-7-1-10(2-8-13)14-9-22-19-18-14/h1-9H,(H,17,20). The Kier molecular flexibility index (Phi) is 4.32. The van der Waals surface area contributed by atoms with Gasteiger partial charge in [0, 0.05) is 21.7 Å². The van der Waals surface area contributed by atoms with Gasteiger partial charge in [0.15, 0.2) is 0 Å². The number of anilines is 1. The van der Waals surface area contributed by atoms with Crippen LogP contribution >= 0.6 is 23.1 Å². The van der Waals surface area contributed by atoms with Crippen LogP contribution < -0.4 is 10.1 Å². The summed E-state index contributed by atoms with van der Waals surface area (Å²) in [5, 5.41) is 9.05. The monoisotopic (exact) mass is 331 g/mol. The molecule has 0 atom stereocenters. The van der Waals surface area contributed by atoms with Crippen LogP contribution in [0.5, 0.6) is 5.75 Å². The molecule has 0 unspecified atom stereocenters. The summed E-state index contributed by atoms with van der Waals surface area (Å²) in [5.74, 6) is 0.443. The summed E-state index contributed by atoms with van der Waals surface area (Å²) in [6.45, 7) is 0. The van der Waals surface area contributed by atoms with Gasteiger partial charge in [0.05, 0.1) is 0 Å². The third-order valence-corrected chi connectivity index (χ3v) is 3.57. The average Bonchev–Trinajstić information content (AvgIpc) is 3.05. The molecule has 1 N–H and O–H groups in total. The van der Waals surface area contributed by atoms with Crippen molar-refractivity contribution in [1.82, 2.24) is 9.59 Å². The smallest absolute Gasteiger partial charge is 0.410 e. The lowest BCUT2D eigenvalue weighted by Gasteiger charge is -2.07. The van der Waals surface area contributed by atoms with Gasteiger partial charge in [-0.05, 0) is 60.1 Å². The van der Waals surface area contributed by atoms with Gasteiger partial charge in [0.1, 0.15) is 11.4 Å². The third-order valence-electron chi connectivity index (χ3n) is 2.81. The normalized spacial score (nSPS) is 10.2. The summed E-state index contributed by atoms with van der Waals surface area (Å²) >= 11 is 7.07. The van der Waals surface area contributed by atoms with Gasteiger partial charge < -0.3 is 4.74 Å². The van der Waals surface area contributed by atoms with Crippen molar-refractivity contribution in [3.8, 4) is 17.0 Å². The van der Waals surface area contributed by atoms with Crippen LogP contribution in [0.25, 0.3) is 11.3 Å². The molecular formula is C15H10ClN3O2S. The molecule has 7 heteroatoms. The average molecular weight is 332 g/mol. The Bertz CT molecular complexity index is 758. The molecular weight excluding hydrogens is 322 g/mol. The predicted octanol–water partition coefficient (Wildman–Crippen LogP) is 4.47. The van der Waals surface area contributed by atoms with Gasteiger partial charge in [-0.2, -0.15) is 0 Å². The first-order valence-electron chi connectivity index (χ1n) is 6.32. The van der Waals surface area contributed by atoms with Gasteiger partial charge >= 0.3 is 6.09 Å². The maximum absolute atomic E-state index is 11.8. The molecule has 0 bridgehead atoms. The molecule has 0 fully saturated rings. The highest BCUT2D eigenvalue weighted by Crippen LogP contribution is 2.21. The number of carbonyl (C=O) groups excluding carboxylic acids is 1. The van der Waals surface area contributed by atoms with Gasteiger partial charge in [-0.3, -0.25) is 5.32 Å². The maximum atomic E-state index is 11.8. The number of hydrogen-bond acceptors (Lipinski definition) is 5. The molecule has 1 amide bonds. The zero-order valence-electron chi connectivity index (χ0n) is 11.2. The molecule has 3 rings (SSSR count). The Labute approximate surface area is 135 Å². The number of benzene rings is 2. The number of halogens is 1. The highest BCUT2D eigenvalue weighted by molar-refractivity contribution is 7.03. The van der Waals surface area contributed by atoms with Crippen molar-refractivity contribution in [2.75, 3.05) is 5.32 Å². The fraction of sp³-hybridized carbons (Fsp3) is 0. The number of nitrogens with zero attached hydrogens (tertiary/aromatic N) is 2. The van der Waals surface area contributed by atoms with Crippen molar-refractivity contribution in [2.45, 2.75) is 0 Å². The predicted molar refractivity (Wildman–Crippen MR) is 86.4 cm³/mol. The Morgan fingerprint density at radius 3 is 2.45 bits per heavy atom. The summed E-state index contributed by atoms with van der Waals surface area (Å²) < 4.78 is 9.01. The number of amides is 1. The van der Waals surface area contributed by atoms with Gasteiger partial charge in [0.25, 0.3) is 0 Å². The minimum atomic E-state index is -0.564. The molecule has 0 saturated carbocycles.